The number of amides is 1. The minimum Gasteiger partial charge on any atom is -0.352 e. The van der Waals surface area contributed by atoms with Crippen molar-refractivity contribution < 1.29 is 4.79 Å². The van der Waals surface area contributed by atoms with Crippen LogP contribution in [-0.4, -0.2) is 18.0 Å². The third-order valence-corrected chi connectivity index (χ3v) is 2.39. The average Bonchev–Trinajstić information content (AvgIpc) is 2.18. The van der Waals surface area contributed by atoms with Gasteiger partial charge in [0, 0.05) is 6.04 Å². The number of nitrogens with two attached hydrogens (primary N) is 1. The number of nitrogens with one attached hydrogen (secondary N) is 1. The molecule has 0 heterocycles. The standard InChI is InChI=1S/C10H18N2O/c1-2-9(11)10(13)12-8-6-4-3-5-7-8/h3-4,8-9H,2,5-7,11H2,1H3,(H,12,13)/t8?,9-/m1/s1. The highest BCUT2D eigenvalue weighted by molar-refractivity contribution is 5.81. The number of hydrogen-bond donors (Lipinski definition) is 2. The fraction of sp³-hybridized carbons (Fsp3) is 0.700. The highest BCUT2D eigenvalue weighted by Crippen LogP contribution is 2.10. The molecule has 1 aliphatic rings. The van der Waals surface area contributed by atoms with Crippen molar-refractivity contribution in [1.29, 1.82) is 0 Å². The van der Waals surface area contributed by atoms with Crippen LogP contribution in [0.15, 0.2) is 12.2 Å². The van der Waals surface area contributed by atoms with Gasteiger partial charge in [0.2, 0.25) is 5.91 Å². The van der Waals surface area contributed by atoms with Crippen molar-refractivity contribution in [3.63, 3.8) is 0 Å². The van der Waals surface area contributed by atoms with E-state index in [9.17, 15) is 4.79 Å². The molecule has 1 aliphatic carbocycles. The quantitative estimate of drug-likeness (QED) is 0.638. The van der Waals surface area contributed by atoms with Crippen LogP contribution in [0.1, 0.15) is 32.6 Å². The van der Waals surface area contributed by atoms with Gasteiger partial charge in [0.1, 0.15) is 0 Å². The lowest BCUT2D eigenvalue weighted by atomic mass is 10.0. The highest BCUT2D eigenvalue weighted by Gasteiger charge is 2.16. The molecule has 1 rings (SSSR count). The Hall–Kier alpha value is -0.830. The Bertz CT molecular complexity index is 201. The summed E-state index contributed by atoms with van der Waals surface area (Å²) in [5.74, 6) is -0.0113. The summed E-state index contributed by atoms with van der Waals surface area (Å²) in [6.45, 7) is 1.92. The molecule has 0 aromatic rings. The first kappa shape index (κ1) is 10.3. The van der Waals surface area contributed by atoms with E-state index in [1.165, 1.54) is 0 Å². The Morgan fingerprint density at radius 3 is 3.00 bits per heavy atom. The summed E-state index contributed by atoms with van der Waals surface area (Å²) in [5, 5.41) is 2.95. The average molecular weight is 182 g/mol. The smallest absolute Gasteiger partial charge is 0.237 e. The summed E-state index contributed by atoms with van der Waals surface area (Å²) in [6.07, 6.45) is 8.02. The minimum absolute atomic E-state index is 0.0113. The molecule has 2 atom stereocenters. The van der Waals surface area contributed by atoms with E-state index < -0.39 is 0 Å². The third-order valence-electron chi connectivity index (χ3n) is 2.39. The molecule has 3 N–H and O–H groups in total. The Labute approximate surface area is 79.4 Å². The van der Waals surface area contributed by atoms with Gasteiger partial charge in [-0.15, -0.1) is 0 Å². The van der Waals surface area contributed by atoms with E-state index in [1.54, 1.807) is 0 Å². The maximum Gasteiger partial charge on any atom is 0.237 e. The van der Waals surface area contributed by atoms with Crippen molar-refractivity contribution in [3.05, 3.63) is 12.2 Å². The van der Waals surface area contributed by atoms with Gasteiger partial charge < -0.3 is 11.1 Å². The lowest BCUT2D eigenvalue weighted by Gasteiger charge is -2.21. The molecule has 0 saturated heterocycles. The molecule has 74 valence electrons. The van der Waals surface area contributed by atoms with Crippen molar-refractivity contribution >= 4 is 5.91 Å². The van der Waals surface area contributed by atoms with Crippen LogP contribution in [0.4, 0.5) is 0 Å². The lowest BCUT2D eigenvalue weighted by Crippen LogP contribution is -2.45. The summed E-state index contributed by atoms with van der Waals surface area (Å²) in [4.78, 5) is 11.4. The summed E-state index contributed by atoms with van der Waals surface area (Å²) in [7, 11) is 0. The molecule has 1 unspecified atom stereocenters. The zero-order chi connectivity index (χ0) is 9.68. The fourth-order valence-electron chi connectivity index (χ4n) is 1.42. The molecule has 0 saturated carbocycles. The Kier molecular flexibility index (Phi) is 3.96. The van der Waals surface area contributed by atoms with E-state index in [1.807, 2.05) is 6.92 Å². The maximum absolute atomic E-state index is 11.4. The van der Waals surface area contributed by atoms with Crippen molar-refractivity contribution in [2.75, 3.05) is 0 Å². The van der Waals surface area contributed by atoms with E-state index in [0.29, 0.717) is 12.5 Å². The second kappa shape index (κ2) is 5.02. The Morgan fingerprint density at radius 2 is 2.46 bits per heavy atom. The van der Waals surface area contributed by atoms with Gasteiger partial charge in [-0.25, -0.2) is 0 Å². The molecule has 0 fully saturated rings. The molecule has 3 heteroatoms. The predicted octanol–water partition coefficient (Wildman–Crippen LogP) is 0.949. The molecule has 0 aromatic heterocycles. The zero-order valence-electron chi connectivity index (χ0n) is 8.12. The first-order chi connectivity index (χ1) is 6.24. The van der Waals surface area contributed by atoms with Crippen LogP contribution >= 0.6 is 0 Å². The molecule has 1 amide bonds. The molecule has 3 nitrogen and oxygen atoms in total. The Balaban J connectivity index is 2.31. The number of hydrogen-bond acceptors (Lipinski definition) is 2. The number of carbonyl (C=O) groups is 1. The maximum atomic E-state index is 11.4. The molecule has 13 heavy (non-hydrogen) atoms. The summed E-state index contributed by atoms with van der Waals surface area (Å²) in [5.41, 5.74) is 5.60. The van der Waals surface area contributed by atoms with Gasteiger partial charge in [0.05, 0.1) is 6.04 Å². The fourth-order valence-corrected chi connectivity index (χ4v) is 1.42. The second-order valence-electron chi connectivity index (χ2n) is 3.50. The first-order valence-electron chi connectivity index (χ1n) is 4.95. The van der Waals surface area contributed by atoms with Gasteiger partial charge in [-0.2, -0.15) is 0 Å². The van der Waals surface area contributed by atoms with Gasteiger partial charge >= 0.3 is 0 Å². The van der Waals surface area contributed by atoms with Crippen molar-refractivity contribution in [2.24, 2.45) is 5.73 Å². The first-order valence-corrected chi connectivity index (χ1v) is 4.95. The highest BCUT2D eigenvalue weighted by atomic mass is 16.2. The second-order valence-corrected chi connectivity index (χ2v) is 3.50. The number of allylic oxidation sites excluding steroid dienone is 1. The Morgan fingerprint density at radius 1 is 1.69 bits per heavy atom. The van der Waals surface area contributed by atoms with Gasteiger partial charge in [-0.3, -0.25) is 4.79 Å². The molecule has 0 bridgehead atoms. The third kappa shape index (κ3) is 3.19. The van der Waals surface area contributed by atoms with E-state index in [0.717, 1.165) is 19.3 Å². The minimum atomic E-state index is -0.342. The molecular weight excluding hydrogens is 164 g/mol. The van der Waals surface area contributed by atoms with Gasteiger partial charge in [0.15, 0.2) is 0 Å². The van der Waals surface area contributed by atoms with Crippen molar-refractivity contribution in [1.82, 2.24) is 5.32 Å². The molecule has 0 aromatic carbocycles. The van der Waals surface area contributed by atoms with Crippen LogP contribution in [0.25, 0.3) is 0 Å². The van der Waals surface area contributed by atoms with Gasteiger partial charge in [-0.1, -0.05) is 19.1 Å². The predicted molar refractivity (Wildman–Crippen MR) is 53.2 cm³/mol. The summed E-state index contributed by atoms with van der Waals surface area (Å²) < 4.78 is 0. The molecular formula is C10H18N2O. The largest absolute Gasteiger partial charge is 0.352 e. The van der Waals surface area contributed by atoms with Gasteiger partial charge in [0.25, 0.3) is 0 Å². The molecule has 0 aliphatic heterocycles. The SMILES string of the molecule is CC[C@@H](N)C(=O)NC1CC=CCC1. The summed E-state index contributed by atoms with van der Waals surface area (Å²) >= 11 is 0. The zero-order valence-corrected chi connectivity index (χ0v) is 8.12. The van der Waals surface area contributed by atoms with Crippen LogP contribution < -0.4 is 11.1 Å². The van der Waals surface area contributed by atoms with Crippen molar-refractivity contribution in [2.45, 2.75) is 44.7 Å². The molecule has 0 spiro atoms. The van der Waals surface area contributed by atoms with Crippen LogP contribution in [0, 0.1) is 0 Å². The van der Waals surface area contributed by atoms with E-state index in [-0.39, 0.29) is 11.9 Å². The lowest BCUT2D eigenvalue weighted by molar-refractivity contribution is -0.123. The van der Waals surface area contributed by atoms with Crippen LogP contribution in [0.5, 0.6) is 0 Å². The van der Waals surface area contributed by atoms with E-state index in [4.69, 9.17) is 5.73 Å². The van der Waals surface area contributed by atoms with Gasteiger partial charge in [-0.05, 0) is 25.7 Å². The monoisotopic (exact) mass is 182 g/mol. The van der Waals surface area contributed by atoms with Crippen molar-refractivity contribution in [3.8, 4) is 0 Å². The van der Waals surface area contributed by atoms with E-state index >= 15 is 0 Å². The van der Waals surface area contributed by atoms with E-state index in [2.05, 4.69) is 17.5 Å². The van der Waals surface area contributed by atoms with Crippen LogP contribution in [0.3, 0.4) is 0 Å². The molecule has 0 radical (unpaired) electrons. The summed E-state index contributed by atoms with van der Waals surface area (Å²) in [6, 6.07) is -0.0407. The topological polar surface area (TPSA) is 55.1 Å². The van der Waals surface area contributed by atoms with Crippen LogP contribution in [0.2, 0.25) is 0 Å². The van der Waals surface area contributed by atoms with Crippen LogP contribution in [-0.2, 0) is 4.79 Å². The normalized spacial score (nSPS) is 24.0. The number of rotatable bonds is 3. The number of carbonyl (C=O) groups excluding carboxylic acids is 1.